The molecule has 0 atom stereocenters. The molecule has 0 saturated heterocycles. The minimum atomic E-state index is -0.241. The summed E-state index contributed by atoms with van der Waals surface area (Å²) in [6.07, 6.45) is 2.21. The molecule has 0 spiro atoms. The Morgan fingerprint density at radius 2 is 1.94 bits per heavy atom. The number of hydrogen-bond donors (Lipinski definition) is 0. The van der Waals surface area contributed by atoms with Crippen LogP contribution in [-0.4, -0.2) is 5.24 Å². The van der Waals surface area contributed by atoms with Crippen molar-refractivity contribution in [3.63, 3.8) is 0 Å². The van der Waals surface area contributed by atoms with Gasteiger partial charge in [-0.05, 0) is 53.5 Å². The van der Waals surface area contributed by atoms with Gasteiger partial charge in [0.25, 0.3) is 0 Å². The van der Waals surface area contributed by atoms with E-state index in [9.17, 15) is 4.79 Å². The molecular formula is C15H21ClO. The standard InChI is InChI=1S/C15H21ClO/c1-11-8-9-13(15(2,3)4)10-12(11)6-5-7-14(16)17/h8-10H,5-7H2,1-4H3. The Balaban J connectivity index is 2.80. The highest BCUT2D eigenvalue weighted by molar-refractivity contribution is 6.63. The molecule has 1 rings (SSSR count). The number of aryl methyl sites for hydroxylation is 2. The normalized spacial score (nSPS) is 11.6. The highest BCUT2D eigenvalue weighted by Gasteiger charge is 2.14. The van der Waals surface area contributed by atoms with E-state index in [1.54, 1.807) is 0 Å². The molecule has 0 fully saturated rings. The van der Waals surface area contributed by atoms with Crippen LogP contribution in [-0.2, 0) is 16.6 Å². The molecule has 0 radical (unpaired) electrons. The Labute approximate surface area is 109 Å². The molecule has 0 aliphatic carbocycles. The van der Waals surface area contributed by atoms with Crippen molar-refractivity contribution in [1.29, 1.82) is 0 Å². The Bertz CT molecular complexity index is 402. The zero-order chi connectivity index (χ0) is 13.1. The van der Waals surface area contributed by atoms with Crippen LogP contribution >= 0.6 is 11.6 Å². The minimum absolute atomic E-state index is 0.171. The number of carbonyl (C=O) groups is 1. The largest absolute Gasteiger partial charge is 0.281 e. The van der Waals surface area contributed by atoms with Gasteiger partial charge in [0.2, 0.25) is 5.24 Å². The Kier molecular flexibility index (Phi) is 4.76. The summed E-state index contributed by atoms with van der Waals surface area (Å²) in [7, 11) is 0. The predicted molar refractivity (Wildman–Crippen MR) is 73.7 cm³/mol. The first-order valence-corrected chi connectivity index (χ1v) is 6.47. The number of halogens is 1. The lowest BCUT2D eigenvalue weighted by atomic mass is 9.84. The second kappa shape index (κ2) is 5.68. The third-order valence-corrected chi connectivity index (χ3v) is 3.22. The van der Waals surface area contributed by atoms with E-state index < -0.39 is 0 Å². The van der Waals surface area contributed by atoms with Crippen molar-refractivity contribution < 1.29 is 4.79 Å². The van der Waals surface area contributed by atoms with Gasteiger partial charge in [-0.2, -0.15) is 0 Å². The lowest BCUT2D eigenvalue weighted by molar-refractivity contribution is -0.111. The molecule has 1 aromatic carbocycles. The molecule has 94 valence electrons. The summed E-state index contributed by atoms with van der Waals surface area (Å²) in [5.41, 5.74) is 4.13. The number of hydrogen-bond acceptors (Lipinski definition) is 1. The molecule has 0 aromatic heterocycles. The molecule has 0 saturated carbocycles. The number of benzene rings is 1. The molecule has 0 bridgehead atoms. The Hall–Kier alpha value is -0.820. The lowest BCUT2D eigenvalue weighted by Gasteiger charge is -2.20. The van der Waals surface area contributed by atoms with Crippen LogP contribution < -0.4 is 0 Å². The average molecular weight is 253 g/mol. The van der Waals surface area contributed by atoms with Gasteiger partial charge in [-0.25, -0.2) is 0 Å². The Morgan fingerprint density at radius 1 is 1.29 bits per heavy atom. The number of carbonyl (C=O) groups excluding carboxylic acids is 1. The van der Waals surface area contributed by atoms with Crippen molar-refractivity contribution in [2.45, 2.75) is 52.4 Å². The van der Waals surface area contributed by atoms with Crippen molar-refractivity contribution in [2.75, 3.05) is 0 Å². The van der Waals surface area contributed by atoms with E-state index in [1.165, 1.54) is 16.7 Å². The smallest absolute Gasteiger partial charge is 0.221 e. The average Bonchev–Trinajstić information content (AvgIpc) is 2.18. The summed E-state index contributed by atoms with van der Waals surface area (Å²) in [6, 6.07) is 6.61. The molecule has 0 unspecified atom stereocenters. The van der Waals surface area contributed by atoms with Crippen molar-refractivity contribution in [2.24, 2.45) is 0 Å². The fourth-order valence-corrected chi connectivity index (χ4v) is 1.96. The summed E-state index contributed by atoms with van der Waals surface area (Å²) >= 11 is 5.35. The summed E-state index contributed by atoms with van der Waals surface area (Å²) in [5.74, 6) is 0. The summed E-state index contributed by atoms with van der Waals surface area (Å²) in [6.45, 7) is 8.75. The first-order valence-electron chi connectivity index (χ1n) is 6.09. The molecular weight excluding hydrogens is 232 g/mol. The summed E-state index contributed by atoms with van der Waals surface area (Å²) in [4.78, 5) is 10.7. The van der Waals surface area contributed by atoms with Crippen molar-refractivity contribution in [3.8, 4) is 0 Å². The predicted octanol–water partition coefficient (Wildman–Crippen LogP) is 4.38. The maximum Gasteiger partial charge on any atom is 0.221 e. The first-order chi connectivity index (χ1) is 7.80. The second-order valence-electron chi connectivity index (χ2n) is 5.60. The Morgan fingerprint density at radius 3 is 2.47 bits per heavy atom. The highest BCUT2D eigenvalue weighted by Crippen LogP contribution is 2.25. The summed E-state index contributed by atoms with van der Waals surface area (Å²) in [5, 5.41) is -0.241. The van der Waals surface area contributed by atoms with Gasteiger partial charge < -0.3 is 0 Å². The van der Waals surface area contributed by atoms with Crippen LogP contribution in [0, 0.1) is 6.92 Å². The van der Waals surface area contributed by atoms with E-state index in [1.807, 2.05) is 0 Å². The molecule has 2 heteroatoms. The molecule has 1 aromatic rings. The maximum atomic E-state index is 10.7. The van der Waals surface area contributed by atoms with E-state index in [2.05, 4.69) is 45.9 Å². The van der Waals surface area contributed by atoms with Gasteiger partial charge in [-0.3, -0.25) is 4.79 Å². The van der Waals surface area contributed by atoms with E-state index in [4.69, 9.17) is 11.6 Å². The molecule has 1 nitrogen and oxygen atoms in total. The zero-order valence-corrected chi connectivity index (χ0v) is 11.9. The SMILES string of the molecule is Cc1ccc(C(C)(C)C)cc1CCCC(=O)Cl. The third-order valence-electron chi connectivity index (χ3n) is 3.03. The van der Waals surface area contributed by atoms with Crippen LogP contribution in [0.5, 0.6) is 0 Å². The van der Waals surface area contributed by atoms with Gasteiger partial charge in [0, 0.05) is 6.42 Å². The molecule has 0 amide bonds. The van der Waals surface area contributed by atoms with Gasteiger partial charge in [0.1, 0.15) is 0 Å². The van der Waals surface area contributed by atoms with E-state index in [-0.39, 0.29) is 10.7 Å². The lowest BCUT2D eigenvalue weighted by Crippen LogP contribution is -2.11. The van der Waals surface area contributed by atoms with E-state index in [0.29, 0.717) is 6.42 Å². The van der Waals surface area contributed by atoms with Gasteiger partial charge in [0.05, 0.1) is 0 Å². The van der Waals surface area contributed by atoms with Crippen LogP contribution in [0.4, 0.5) is 0 Å². The fourth-order valence-electron chi connectivity index (χ4n) is 1.83. The van der Waals surface area contributed by atoms with E-state index in [0.717, 1.165) is 12.8 Å². The monoisotopic (exact) mass is 252 g/mol. The van der Waals surface area contributed by atoms with Crippen LogP contribution in [0.1, 0.15) is 50.3 Å². The fraction of sp³-hybridized carbons (Fsp3) is 0.533. The molecule has 0 aliphatic rings. The quantitative estimate of drug-likeness (QED) is 0.727. The van der Waals surface area contributed by atoms with Crippen LogP contribution in [0.25, 0.3) is 0 Å². The third kappa shape index (κ3) is 4.51. The number of rotatable bonds is 4. The highest BCUT2D eigenvalue weighted by atomic mass is 35.5. The second-order valence-corrected chi connectivity index (χ2v) is 6.02. The van der Waals surface area contributed by atoms with E-state index >= 15 is 0 Å². The van der Waals surface area contributed by atoms with Gasteiger partial charge in [0.15, 0.2) is 0 Å². The van der Waals surface area contributed by atoms with Gasteiger partial charge in [-0.15, -0.1) is 0 Å². The van der Waals surface area contributed by atoms with Crippen LogP contribution in [0.2, 0.25) is 0 Å². The molecule has 0 N–H and O–H groups in total. The molecule has 17 heavy (non-hydrogen) atoms. The zero-order valence-electron chi connectivity index (χ0n) is 11.1. The van der Waals surface area contributed by atoms with Crippen LogP contribution in [0.15, 0.2) is 18.2 Å². The van der Waals surface area contributed by atoms with Crippen molar-refractivity contribution in [1.82, 2.24) is 0 Å². The first kappa shape index (κ1) is 14.2. The molecule has 0 aliphatic heterocycles. The topological polar surface area (TPSA) is 17.1 Å². The molecule has 0 heterocycles. The van der Waals surface area contributed by atoms with Crippen molar-refractivity contribution in [3.05, 3.63) is 34.9 Å². The van der Waals surface area contributed by atoms with Gasteiger partial charge in [-0.1, -0.05) is 39.0 Å². The minimum Gasteiger partial charge on any atom is -0.281 e. The summed E-state index contributed by atoms with van der Waals surface area (Å²) < 4.78 is 0. The van der Waals surface area contributed by atoms with Gasteiger partial charge >= 0.3 is 0 Å². The van der Waals surface area contributed by atoms with Crippen LogP contribution in [0.3, 0.4) is 0 Å². The maximum absolute atomic E-state index is 10.7. The van der Waals surface area contributed by atoms with Crippen molar-refractivity contribution >= 4 is 16.8 Å².